The second kappa shape index (κ2) is 6.19. The smallest absolute Gasteiger partial charge is 0.251 e. The molecule has 116 valence electrons. The van der Waals surface area contributed by atoms with Gasteiger partial charge in [0.2, 0.25) is 0 Å². The Labute approximate surface area is 125 Å². The second-order valence-corrected chi connectivity index (χ2v) is 5.09. The Bertz CT molecular complexity index is 702. The molecule has 6 heteroatoms. The van der Waals surface area contributed by atoms with Crippen molar-refractivity contribution in [2.24, 2.45) is 0 Å². The molecular formula is C16H14F3NO2. The van der Waals surface area contributed by atoms with Crippen LogP contribution >= 0.6 is 0 Å². The number of hydrogen-bond acceptors (Lipinski definition) is 2. The molecule has 0 saturated heterocycles. The standard InChI is InChI=1S/C16H14F3NO2/c1-16(22,13-6-5-12(18)8-14(13)19)9-20-15(21)10-3-2-4-11(17)7-10/h2-8,22H,9H2,1H3,(H,20,21). The summed E-state index contributed by atoms with van der Waals surface area (Å²) in [7, 11) is 0. The average Bonchev–Trinajstić information content (AvgIpc) is 2.44. The Morgan fingerprint density at radius 2 is 1.82 bits per heavy atom. The van der Waals surface area contributed by atoms with Gasteiger partial charge in [-0.05, 0) is 31.2 Å². The summed E-state index contributed by atoms with van der Waals surface area (Å²) >= 11 is 0. The molecule has 0 aliphatic heterocycles. The molecule has 2 aromatic carbocycles. The lowest BCUT2D eigenvalue weighted by Crippen LogP contribution is -2.39. The molecule has 2 N–H and O–H groups in total. The zero-order chi connectivity index (χ0) is 16.3. The van der Waals surface area contributed by atoms with Gasteiger partial charge in [-0.2, -0.15) is 0 Å². The van der Waals surface area contributed by atoms with Gasteiger partial charge in [0, 0.05) is 17.2 Å². The fraction of sp³-hybridized carbons (Fsp3) is 0.188. The van der Waals surface area contributed by atoms with E-state index in [9.17, 15) is 23.1 Å². The SMILES string of the molecule is CC(O)(CNC(=O)c1cccc(F)c1)c1ccc(F)cc1F. The molecule has 0 aromatic heterocycles. The number of carbonyl (C=O) groups is 1. The summed E-state index contributed by atoms with van der Waals surface area (Å²) < 4.78 is 39.6. The predicted octanol–water partition coefficient (Wildman–Crippen LogP) is 2.74. The summed E-state index contributed by atoms with van der Waals surface area (Å²) in [4.78, 5) is 11.9. The summed E-state index contributed by atoms with van der Waals surface area (Å²) in [6, 6.07) is 7.80. The molecule has 2 aromatic rings. The number of hydrogen-bond donors (Lipinski definition) is 2. The van der Waals surface area contributed by atoms with Crippen LogP contribution in [0.25, 0.3) is 0 Å². The first-order chi connectivity index (χ1) is 10.3. The van der Waals surface area contributed by atoms with Crippen molar-refractivity contribution in [2.45, 2.75) is 12.5 Å². The van der Waals surface area contributed by atoms with E-state index < -0.39 is 29.0 Å². The Hall–Kier alpha value is -2.34. The van der Waals surface area contributed by atoms with E-state index in [1.807, 2.05) is 0 Å². The Morgan fingerprint density at radius 3 is 2.45 bits per heavy atom. The highest BCUT2D eigenvalue weighted by atomic mass is 19.1. The molecular weight excluding hydrogens is 295 g/mol. The van der Waals surface area contributed by atoms with Gasteiger partial charge in [0.1, 0.15) is 23.1 Å². The van der Waals surface area contributed by atoms with Crippen molar-refractivity contribution in [3.8, 4) is 0 Å². The maximum Gasteiger partial charge on any atom is 0.251 e. The topological polar surface area (TPSA) is 49.3 Å². The van der Waals surface area contributed by atoms with E-state index in [1.165, 1.54) is 25.1 Å². The van der Waals surface area contributed by atoms with Crippen LogP contribution in [-0.4, -0.2) is 17.6 Å². The van der Waals surface area contributed by atoms with Gasteiger partial charge in [-0.1, -0.05) is 12.1 Å². The van der Waals surface area contributed by atoms with E-state index in [4.69, 9.17) is 0 Å². The summed E-state index contributed by atoms with van der Waals surface area (Å²) in [5.41, 5.74) is -1.80. The summed E-state index contributed by atoms with van der Waals surface area (Å²) in [6.07, 6.45) is 0. The molecule has 0 fully saturated rings. The Morgan fingerprint density at radius 1 is 1.14 bits per heavy atom. The minimum atomic E-state index is -1.74. The van der Waals surface area contributed by atoms with Gasteiger partial charge in [0.15, 0.2) is 0 Å². The van der Waals surface area contributed by atoms with Crippen molar-refractivity contribution >= 4 is 5.91 Å². The first-order valence-corrected chi connectivity index (χ1v) is 6.51. The van der Waals surface area contributed by atoms with Gasteiger partial charge in [0.25, 0.3) is 5.91 Å². The molecule has 1 amide bonds. The summed E-state index contributed by atoms with van der Waals surface area (Å²) in [5, 5.41) is 12.6. The molecule has 0 bridgehead atoms. The maximum atomic E-state index is 13.7. The molecule has 0 aliphatic carbocycles. The van der Waals surface area contributed by atoms with Crippen LogP contribution in [-0.2, 0) is 5.60 Å². The molecule has 0 saturated carbocycles. The molecule has 0 spiro atoms. The molecule has 3 nitrogen and oxygen atoms in total. The van der Waals surface area contributed by atoms with E-state index in [2.05, 4.69) is 5.32 Å². The molecule has 0 aliphatic rings. The molecule has 1 atom stereocenters. The van der Waals surface area contributed by atoms with Gasteiger partial charge in [-0.3, -0.25) is 4.79 Å². The van der Waals surface area contributed by atoms with Crippen molar-refractivity contribution in [1.82, 2.24) is 5.32 Å². The van der Waals surface area contributed by atoms with Crippen LogP contribution in [0.1, 0.15) is 22.8 Å². The van der Waals surface area contributed by atoms with Crippen molar-refractivity contribution < 1.29 is 23.1 Å². The van der Waals surface area contributed by atoms with Crippen LogP contribution in [0.4, 0.5) is 13.2 Å². The quantitative estimate of drug-likeness (QED) is 0.912. The lowest BCUT2D eigenvalue weighted by molar-refractivity contribution is 0.0494. The van der Waals surface area contributed by atoms with Gasteiger partial charge >= 0.3 is 0 Å². The summed E-state index contributed by atoms with van der Waals surface area (Å²) in [5.74, 6) is -2.85. The third kappa shape index (κ3) is 3.65. The van der Waals surface area contributed by atoms with E-state index in [0.717, 1.165) is 18.2 Å². The van der Waals surface area contributed by atoms with Crippen LogP contribution < -0.4 is 5.32 Å². The van der Waals surface area contributed by atoms with Crippen molar-refractivity contribution in [3.63, 3.8) is 0 Å². The highest BCUT2D eigenvalue weighted by Crippen LogP contribution is 2.23. The van der Waals surface area contributed by atoms with Gasteiger partial charge < -0.3 is 10.4 Å². The lowest BCUT2D eigenvalue weighted by Gasteiger charge is -2.24. The predicted molar refractivity (Wildman–Crippen MR) is 74.7 cm³/mol. The minimum absolute atomic E-state index is 0.0791. The number of rotatable bonds is 4. The first kappa shape index (κ1) is 16.0. The van der Waals surface area contributed by atoms with Gasteiger partial charge in [0.05, 0.1) is 6.54 Å². The lowest BCUT2D eigenvalue weighted by atomic mass is 9.95. The van der Waals surface area contributed by atoms with Crippen LogP contribution in [0.15, 0.2) is 42.5 Å². The zero-order valence-electron chi connectivity index (χ0n) is 11.7. The van der Waals surface area contributed by atoms with E-state index in [-0.39, 0.29) is 17.7 Å². The van der Waals surface area contributed by atoms with Crippen molar-refractivity contribution in [3.05, 3.63) is 71.0 Å². The monoisotopic (exact) mass is 309 g/mol. The van der Waals surface area contributed by atoms with Crippen molar-refractivity contribution in [2.75, 3.05) is 6.54 Å². The van der Waals surface area contributed by atoms with Crippen LogP contribution in [0.3, 0.4) is 0 Å². The molecule has 1 unspecified atom stereocenters. The first-order valence-electron chi connectivity index (χ1n) is 6.51. The number of aliphatic hydroxyl groups is 1. The maximum absolute atomic E-state index is 13.7. The number of halogens is 3. The largest absolute Gasteiger partial charge is 0.383 e. The Kier molecular flexibility index (Phi) is 4.51. The third-order valence-corrected chi connectivity index (χ3v) is 3.19. The average molecular weight is 309 g/mol. The normalized spacial score (nSPS) is 13.5. The zero-order valence-corrected chi connectivity index (χ0v) is 11.7. The second-order valence-electron chi connectivity index (χ2n) is 5.09. The Balaban J connectivity index is 2.10. The van der Waals surface area contributed by atoms with Gasteiger partial charge in [-0.15, -0.1) is 0 Å². The third-order valence-electron chi connectivity index (χ3n) is 3.19. The van der Waals surface area contributed by atoms with Gasteiger partial charge in [-0.25, -0.2) is 13.2 Å². The number of nitrogens with one attached hydrogen (secondary N) is 1. The van der Waals surface area contributed by atoms with Crippen LogP contribution in [0, 0.1) is 17.5 Å². The van der Waals surface area contributed by atoms with Crippen LogP contribution in [0.5, 0.6) is 0 Å². The number of amides is 1. The molecule has 2 rings (SSSR count). The number of benzene rings is 2. The fourth-order valence-electron chi connectivity index (χ4n) is 2.01. The van der Waals surface area contributed by atoms with Crippen molar-refractivity contribution in [1.29, 1.82) is 0 Å². The highest BCUT2D eigenvalue weighted by molar-refractivity contribution is 5.94. The molecule has 0 radical (unpaired) electrons. The molecule has 0 heterocycles. The van der Waals surface area contributed by atoms with Crippen LogP contribution in [0.2, 0.25) is 0 Å². The highest BCUT2D eigenvalue weighted by Gasteiger charge is 2.27. The minimum Gasteiger partial charge on any atom is -0.383 e. The van der Waals surface area contributed by atoms with E-state index in [0.29, 0.717) is 6.07 Å². The molecule has 22 heavy (non-hydrogen) atoms. The summed E-state index contributed by atoms with van der Waals surface area (Å²) in [6.45, 7) is 0.972. The number of carbonyl (C=O) groups excluding carboxylic acids is 1. The van der Waals surface area contributed by atoms with E-state index >= 15 is 0 Å². The van der Waals surface area contributed by atoms with E-state index in [1.54, 1.807) is 0 Å². The fourth-order valence-corrected chi connectivity index (χ4v) is 2.01.